The number of ether oxygens (including phenoxy) is 1. The van der Waals surface area contributed by atoms with Gasteiger partial charge in [-0.3, -0.25) is 4.79 Å². The first kappa shape index (κ1) is 14.5. The van der Waals surface area contributed by atoms with Gasteiger partial charge in [0.1, 0.15) is 16.9 Å². The number of hydrogen-bond donors (Lipinski definition) is 0. The molecule has 0 saturated heterocycles. The van der Waals surface area contributed by atoms with Crippen molar-refractivity contribution in [1.82, 2.24) is 9.78 Å². The number of aromatic nitrogens is 2. The summed E-state index contributed by atoms with van der Waals surface area (Å²) < 4.78 is 12.4. The lowest BCUT2D eigenvalue weighted by molar-refractivity contribution is 0.414. The lowest BCUT2D eigenvalue weighted by atomic mass is 10.1. The molecule has 2 aliphatic rings. The van der Waals surface area contributed by atoms with E-state index >= 15 is 0 Å². The highest BCUT2D eigenvalue weighted by Crippen LogP contribution is 2.28. The minimum Gasteiger partial charge on any atom is -0.497 e. The van der Waals surface area contributed by atoms with Gasteiger partial charge in [-0.1, -0.05) is 6.07 Å². The fourth-order valence-electron chi connectivity index (χ4n) is 2.74. The first-order chi connectivity index (χ1) is 11.6. The van der Waals surface area contributed by atoms with E-state index in [2.05, 4.69) is 5.10 Å². The summed E-state index contributed by atoms with van der Waals surface area (Å²) in [5, 5.41) is 5.19. The standard InChI is InChI=1S/C19H16N2O3/c1-11-4-6-14(8-12(11)2)21-19(22)16-9-13-5-7-15(23-3)10-17(13)24-18(16)20-21/h4-10H,1-3H3. The van der Waals surface area contributed by atoms with Gasteiger partial charge in [-0.25, -0.2) is 0 Å². The van der Waals surface area contributed by atoms with E-state index in [1.54, 1.807) is 19.2 Å². The third kappa shape index (κ3) is 2.17. The average molecular weight is 320 g/mol. The molecule has 0 saturated carbocycles. The second-order valence-corrected chi connectivity index (χ2v) is 5.85. The molecule has 2 aromatic carbocycles. The second kappa shape index (κ2) is 5.23. The zero-order valence-electron chi connectivity index (χ0n) is 13.7. The topological polar surface area (TPSA) is 57.3 Å². The normalized spacial score (nSPS) is 11.3. The van der Waals surface area contributed by atoms with E-state index in [-0.39, 0.29) is 5.56 Å². The number of nitrogens with zero attached hydrogens (tertiary/aromatic N) is 2. The van der Waals surface area contributed by atoms with Gasteiger partial charge in [0.25, 0.3) is 5.56 Å². The van der Waals surface area contributed by atoms with Crippen molar-refractivity contribution in [2.24, 2.45) is 0 Å². The van der Waals surface area contributed by atoms with E-state index < -0.39 is 0 Å². The molecule has 5 nitrogen and oxygen atoms in total. The Bertz CT molecular complexity index is 1090. The van der Waals surface area contributed by atoms with Crippen LogP contribution in [0.15, 0.2) is 51.7 Å². The summed E-state index contributed by atoms with van der Waals surface area (Å²) in [5.41, 5.74) is 3.92. The fourth-order valence-corrected chi connectivity index (χ4v) is 2.74. The number of aryl methyl sites for hydroxylation is 2. The number of rotatable bonds is 2. The predicted molar refractivity (Wildman–Crippen MR) is 92.3 cm³/mol. The van der Waals surface area contributed by atoms with Crippen LogP contribution in [0.4, 0.5) is 0 Å². The van der Waals surface area contributed by atoms with Crippen molar-refractivity contribution in [1.29, 1.82) is 0 Å². The SMILES string of the molecule is COc1ccc2cc3c(=O)n(-c4ccc(C)c(C)c4)nc-3oc2c1. The highest BCUT2D eigenvalue weighted by molar-refractivity contribution is 5.83. The summed E-state index contributed by atoms with van der Waals surface area (Å²) in [6.45, 7) is 4.05. The molecule has 4 rings (SSSR count). The minimum absolute atomic E-state index is 0.185. The van der Waals surface area contributed by atoms with Crippen LogP contribution < -0.4 is 10.3 Å². The molecule has 0 N–H and O–H groups in total. The molecule has 5 heteroatoms. The molecule has 2 aromatic rings. The van der Waals surface area contributed by atoms with Crippen molar-refractivity contribution in [3.63, 3.8) is 0 Å². The van der Waals surface area contributed by atoms with Crippen LogP contribution >= 0.6 is 0 Å². The zero-order valence-corrected chi connectivity index (χ0v) is 13.7. The highest BCUT2D eigenvalue weighted by Gasteiger charge is 2.19. The van der Waals surface area contributed by atoms with Crippen LogP contribution in [-0.2, 0) is 0 Å². The fraction of sp³-hybridized carbons (Fsp3) is 0.158. The van der Waals surface area contributed by atoms with Crippen molar-refractivity contribution in [2.45, 2.75) is 13.8 Å². The van der Waals surface area contributed by atoms with Gasteiger partial charge in [-0.15, -0.1) is 5.10 Å². The molecule has 0 amide bonds. The summed E-state index contributed by atoms with van der Waals surface area (Å²) in [7, 11) is 1.60. The van der Waals surface area contributed by atoms with Crippen molar-refractivity contribution in [3.8, 4) is 22.9 Å². The van der Waals surface area contributed by atoms with Gasteiger partial charge in [0.15, 0.2) is 0 Å². The van der Waals surface area contributed by atoms with Crippen LogP contribution in [-0.4, -0.2) is 16.9 Å². The van der Waals surface area contributed by atoms with Crippen LogP contribution in [0.1, 0.15) is 11.1 Å². The van der Waals surface area contributed by atoms with Crippen molar-refractivity contribution < 1.29 is 9.15 Å². The molecule has 0 bridgehead atoms. The van der Waals surface area contributed by atoms with Crippen molar-refractivity contribution in [2.75, 3.05) is 7.11 Å². The first-order valence-electron chi connectivity index (χ1n) is 7.65. The Hall–Kier alpha value is -3.08. The van der Waals surface area contributed by atoms with Crippen LogP contribution in [0.3, 0.4) is 0 Å². The molecule has 0 aliphatic carbocycles. The Morgan fingerprint density at radius 2 is 1.88 bits per heavy atom. The molecular weight excluding hydrogens is 304 g/mol. The minimum atomic E-state index is -0.185. The first-order valence-corrected chi connectivity index (χ1v) is 7.65. The Balaban J connectivity index is 1.96. The van der Waals surface area contributed by atoms with E-state index in [9.17, 15) is 4.79 Å². The number of fused-ring (bicyclic) bond motifs is 2. The second-order valence-electron chi connectivity index (χ2n) is 5.85. The van der Waals surface area contributed by atoms with E-state index in [0.29, 0.717) is 22.8 Å². The maximum atomic E-state index is 12.7. The lowest BCUT2D eigenvalue weighted by Crippen LogP contribution is -2.14. The van der Waals surface area contributed by atoms with Crippen molar-refractivity contribution >= 4 is 11.0 Å². The van der Waals surface area contributed by atoms with Crippen LogP contribution in [0, 0.1) is 13.8 Å². The maximum absolute atomic E-state index is 12.7. The van der Waals surface area contributed by atoms with E-state index in [1.165, 1.54) is 10.2 Å². The van der Waals surface area contributed by atoms with Gasteiger partial charge in [0.05, 0.1) is 12.8 Å². The summed E-state index contributed by atoms with van der Waals surface area (Å²) in [6.07, 6.45) is 0. The summed E-state index contributed by atoms with van der Waals surface area (Å²) in [4.78, 5) is 12.7. The van der Waals surface area contributed by atoms with E-state index in [0.717, 1.165) is 16.6 Å². The van der Waals surface area contributed by atoms with Crippen LogP contribution in [0.2, 0.25) is 0 Å². The molecule has 24 heavy (non-hydrogen) atoms. The molecule has 0 fully saturated rings. The van der Waals surface area contributed by atoms with Gasteiger partial charge in [-0.2, -0.15) is 4.68 Å². The Kier molecular flexibility index (Phi) is 3.16. The Morgan fingerprint density at radius 1 is 1.04 bits per heavy atom. The summed E-state index contributed by atoms with van der Waals surface area (Å²) >= 11 is 0. The largest absolute Gasteiger partial charge is 0.497 e. The molecule has 2 aliphatic heterocycles. The Labute approximate surface area is 138 Å². The molecule has 0 spiro atoms. The van der Waals surface area contributed by atoms with Gasteiger partial charge >= 0.3 is 0 Å². The molecule has 0 aromatic heterocycles. The number of benzene rings is 2. The zero-order chi connectivity index (χ0) is 16.8. The quantitative estimate of drug-likeness (QED) is 0.565. The third-order valence-electron chi connectivity index (χ3n) is 4.31. The van der Waals surface area contributed by atoms with Gasteiger partial charge in [-0.05, 0) is 55.3 Å². The maximum Gasteiger partial charge on any atom is 0.284 e. The molecule has 2 heterocycles. The molecular formula is C19H16N2O3. The summed E-state index contributed by atoms with van der Waals surface area (Å²) in [5.74, 6) is 1.01. The van der Waals surface area contributed by atoms with Gasteiger partial charge in [0.2, 0.25) is 5.89 Å². The van der Waals surface area contributed by atoms with Crippen molar-refractivity contribution in [3.05, 3.63) is 63.9 Å². The van der Waals surface area contributed by atoms with Gasteiger partial charge < -0.3 is 9.15 Å². The van der Waals surface area contributed by atoms with E-state index in [1.807, 2.05) is 44.2 Å². The highest BCUT2D eigenvalue weighted by atomic mass is 16.5. The smallest absolute Gasteiger partial charge is 0.284 e. The monoisotopic (exact) mass is 320 g/mol. The number of methoxy groups -OCH3 is 1. The molecule has 120 valence electrons. The molecule has 0 unspecified atom stereocenters. The summed E-state index contributed by atoms with van der Waals surface area (Å²) in [6, 6.07) is 13.1. The number of hydrogen-bond acceptors (Lipinski definition) is 4. The molecule has 0 atom stereocenters. The van der Waals surface area contributed by atoms with E-state index in [4.69, 9.17) is 9.15 Å². The van der Waals surface area contributed by atoms with Gasteiger partial charge in [0, 0.05) is 11.5 Å². The van der Waals surface area contributed by atoms with Crippen LogP contribution in [0.5, 0.6) is 5.75 Å². The third-order valence-corrected chi connectivity index (χ3v) is 4.31. The van der Waals surface area contributed by atoms with Crippen LogP contribution in [0.25, 0.3) is 28.1 Å². The Morgan fingerprint density at radius 3 is 2.62 bits per heavy atom. The average Bonchev–Trinajstić information content (AvgIpc) is 2.91. The lowest BCUT2D eigenvalue weighted by Gasteiger charge is -2.03. The molecule has 0 radical (unpaired) electrons. The predicted octanol–water partition coefficient (Wildman–Crippen LogP) is 3.71.